The van der Waals surface area contributed by atoms with Crippen molar-refractivity contribution in [2.45, 2.75) is 50.0 Å². The molecule has 0 aromatic rings. The van der Waals surface area contributed by atoms with E-state index in [2.05, 4.69) is 0 Å². The summed E-state index contributed by atoms with van der Waals surface area (Å²) < 4.78 is 16.4. The fraction of sp³-hybridized carbons (Fsp3) is 0.733. The standard InChI is InChI=1S/C15H22O8/c1-6-5-21-14(7-2-3-8(17)10(6)7)23-15-13(20)12(19)11(18)9(4-16)22-15/h2-3,5,7-20H,4H2,1H3. The third kappa shape index (κ3) is 2.91. The molecule has 1 fully saturated rings. The average Bonchev–Trinajstić information content (AvgIpc) is 2.93. The van der Waals surface area contributed by atoms with E-state index in [0.717, 1.165) is 5.57 Å². The van der Waals surface area contributed by atoms with Gasteiger partial charge in [-0.25, -0.2) is 0 Å². The van der Waals surface area contributed by atoms with Gasteiger partial charge in [0.2, 0.25) is 6.29 Å². The van der Waals surface area contributed by atoms with E-state index in [9.17, 15) is 25.5 Å². The van der Waals surface area contributed by atoms with Crippen LogP contribution in [0.3, 0.4) is 0 Å². The van der Waals surface area contributed by atoms with Gasteiger partial charge in [-0.05, 0) is 12.5 Å². The van der Waals surface area contributed by atoms with Gasteiger partial charge in [-0.1, -0.05) is 12.2 Å². The van der Waals surface area contributed by atoms with Gasteiger partial charge in [0.15, 0.2) is 6.29 Å². The van der Waals surface area contributed by atoms with E-state index in [-0.39, 0.29) is 11.8 Å². The minimum Gasteiger partial charge on any atom is -0.472 e. The topological polar surface area (TPSA) is 129 Å². The summed E-state index contributed by atoms with van der Waals surface area (Å²) in [6, 6.07) is 0. The Morgan fingerprint density at radius 3 is 2.48 bits per heavy atom. The first-order valence-corrected chi connectivity index (χ1v) is 7.58. The third-order valence-corrected chi connectivity index (χ3v) is 4.66. The van der Waals surface area contributed by atoms with Crippen molar-refractivity contribution in [1.29, 1.82) is 0 Å². The molecule has 130 valence electrons. The van der Waals surface area contributed by atoms with Gasteiger partial charge in [-0.15, -0.1) is 0 Å². The third-order valence-electron chi connectivity index (χ3n) is 4.66. The van der Waals surface area contributed by atoms with Crippen molar-refractivity contribution in [3.05, 3.63) is 24.0 Å². The van der Waals surface area contributed by atoms with Crippen molar-refractivity contribution >= 4 is 0 Å². The van der Waals surface area contributed by atoms with Gasteiger partial charge in [-0.2, -0.15) is 0 Å². The summed E-state index contributed by atoms with van der Waals surface area (Å²) in [5, 5.41) is 48.8. The minimum absolute atomic E-state index is 0.182. The van der Waals surface area contributed by atoms with Crippen molar-refractivity contribution in [2.24, 2.45) is 11.8 Å². The minimum atomic E-state index is -1.51. The molecule has 0 saturated carbocycles. The zero-order chi connectivity index (χ0) is 16.7. The number of ether oxygens (including phenoxy) is 3. The average molecular weight is 330 g/mol. The van der Waals surface area contributed by atoms with E-state index in [1.54, 1.807) is 12.2 Å². The molecule has 2 heterocycles. The maximum Gasteiger partial charge on any atom is 0.208 e. The Bertz CT molecular complexity index is 490. The maximum atomic E-state index is 10.0. The van der Waals surface area contributed by atoms with Crippen LogP contribution in [0.15, 0.2) is 24.0 Å². The van der Waals surface area contributed by atoms with Gasteiger partial charge < -0.3 is 39.7 Å². The summed E-state index contributed by atoms with van der Waals surface area (Å²) in [7, 11) is 0. The number of rotatable bonds is 3. The highest BCUT2D eigenvalue weighted by atomic mass is 16.8. The van der Waals surface area contributed by atoms with E-state index in [1.165, 1.54) is 6.26 Å². The van der Waals surface area contributed by atoms with Crippen LogP contribution >= 0.6 is 0 Å². The van der Waals surface area contributed by atoms with Crippen LogP contribution in [0.25, 0.3) is 0 Å². The van der Waals surface area contributed by atoms with Crippen LogP contribution in [0.4, 0.5) is 0 Å². The molecule has 1 aliphatic carbocycles. The lowest BCUT2D eigenvalue weighted by Crippen LogP contribution is -2.60. The zero-order valence-corrected chi connectivity index (χ0v) is 12.6. The summed E-state index contributed by atoms with van der Waals surface area (Å²) in [6.45, 7) is 1.32. The quantitative estimate of drug-likeness (QED) is 0.384. The van der Waals surface area contributed by atoms with Crippen molar-refractivity contribution < 1.29 is 39.7 Å². The molecule has 0 aromatic carbocycles. The molecule has 3 rings (SSSR count). The zero-order valence-electron chi connectivity index (χ0n) is 12.6. The lowest BCUT2D eigenvalue weighted by Gasteiger charge is -2.42. The van der Waals surface area contributed by atoms with Crippen LogP contribution in [0.2, 0.25) is 0 Å². The SMILES string of the molecule is CC1=COC(OC2OC(CO)C(O)C(O)C2O)C2C=CC(O)C12. The van der Waals surface area contributed by atoms with E-state index in [4.69, 9.17) is 14.2 Å². The highest BCUT2D eigenvalue weighted by molar-refractivity contribution is 5.21. The van der Waals surface area contributed by atoms with Gasteiger partial charge in [-0.3, -0.25) is 0 Å². The van der Waals surface area contributed by atoms with Crippen LogP contribution in [0.5, 0.6) is 0 Å². The summed E-state index contributed by atoms with van der Waals surface area (Å²) in [6.07, 6.45) is -3.28. The van der Waals surface area contributed by atoms with Gasteiger partial charge in [0.05, 0.1) is 19.0 Å². The largest absolute Gasteiger partial charge is 0.472 e. The second-order valence-corrected chi connectivity index (χ2v) is 6.18. The van der Waals surface area contributed by atoms with Gasteiger partial charge >= 0.3 is 0 Å². The fourth-order valence-electron chi connectivity index (χ4n) is 3.32. The number of aliphatic hydroxyl groups excluding tert-OH is 5. The molecule has 0 bridgehead atoms. The molecule has 5 N–H and O–H groups in total. The van der Waals surface area contributed by atoms with Crippen LogP contribution < -0.4 is 0 Å². The number of fused-ring (bicyclic) bond motifs is 1. The Morgan fingerprint density at radius 1 is 1.04 bits per heavy atom. The van der Waals surface area contributed by atoms with Crippen molar-refractivity contribution in [3.63, 3.8) is 0 Å². The molecule has 23 heavy (non-hydrogen) atoms. The van der Waals surface area contributed by atoms with E-state index in [0.29, 0.717) is 0 Å². The van der Waals surface area contributed by atoms with Crippen molar-refractivity contribution in [3.8, 4) is 0 Å². The number of hydrogen-bond donors (Lipinski definition) is 5. The molecular formula is C15H22O8. The molecule has 0 spiro atoms. The Morgan fingerprint density at radius 2 is 1.78 bits per heavy atom. The van der Waals surface area contributed by atoms with Crippen LogP contribution in [-0.4, -0.2) is 75.2 Å². The maximum absolute atomic E-state index is 10.0. The van der Waals surface area contributed by atoms with E-state index >= 15 is 0 Å². The molecule has 9 unspecified atom stereocenters. The summed E-state index contributed by atoms with van der Waals surface area (Å²) in [5.41, 5.74) is 0.876. The first-order valence-electron chi connectivity index (χ1n) is 7.58. The molecule has 8 nitrogen and oxygen atoms in total. The predicted octanol–water partition coefficient (Wildman–Crippen LogP) is -1.77. The fourth-order valence-corrected chi connectivity index (χ4v) is 3.32. The second kappa shape index (κ2) is 6.48. The Labute approximate surface area is 133 Å². The number of aliphatic hydroxyl groups is 5. The summed E-state index contributed by atoms with van der Waals surface area (Å²) in [5.74, 6) is -0.444. The van der Waals surface area contributed by atoms with Crippen molar-refractivity contribution in [2.75, 3.05) is 6.61 Å². The molecule has 9 atom stereocenters. The monoisotopic (exact) mass is 330 g/mol. The molecular weight excluding hydrogens is 308 g/mol. The molecule has 1 saturated heterocycles. The van der Waals surface area contributed by atoms with Crippen LogP contribution in [-0.2, 0) is 14.2 Å². The van der Waals surface area contributed by atoms with Crippen LogP contribution in [0.1, 0.15) is 6.92 Å². The van der Waals surface area contributed by atoms with Gasteiger partial charge in [0.25, 0.3) is 0 Å². The summed E-state index contributed by atoms with van der Waals surface area (Å²) >= 11 is 0. The molecule has 2 aliphatic heterocycles. The number of hydrogen-bond acceptors (Lipinski definition) is 8. The first-order chi connectivity index (χ1) is 10.9. The highest BCUT2D eigenvalue weighted by Crippen LogP contribution is 2.40. The smallest absolute Gasteiger partial charge is 0.208 e. The normalized spacial score (nSPS) is 49.5. The second-order valence-electron chi connectivity index (χ2n) is 6.18. The highest BCUT2D eigenvalue weighted by Gasteiger charge is 2.48. The Kier molecular flexibility index (Phi) is 4.75. The molecule has 3 aliphatic rings. The molecule has 0 aromatic heterocycles. The first kappa shape index (κ1) is 16.8. The van der Waals surface area contributed by atoms with Gasteiger partial charge in [0.1, 0.15) is 24.4 Å². The lowest BCUT2D eigenvalue weighted by atomic mass is 9.86. The molecule has 8 heteroatoms. The Hall–Kier alpha value is -1.00. The van der Waals surface area contributed by atoms with Crippen molar-refractivity contribution in [1.82, 2.24) is 0 Å². The van der Waals surface area contributed by atoms with E-state index in [1.807, 2.05) is 6.92 Å². The molecule has 0 amide bonds. The predicted molar refractivity (Wildman–Crippen MR) is 75.6 cm³/mol. The lowest BCUT2D eigenvalue weighted by molar-refractivity contribution is -0.339. The Balaban J connectivity index is 1.72. The molecule has 0 radical (unpaired) electrons. The van der Waals surface area contributed by atoms with E-state index < -0.39 is 49.7 Å². The van der Waals surface area contributed by atoms with Crippen LogP contribution in [0, 0.1) is 11.8 Å². The van der Waals surface area contributed by atoms with Gasteiger partial charge in [0, 0.05) is 11.8 Å². The summed E-state index contributed by atoms with van der Waals surface area (Å²) in [4.78, 5) is 0.